The first-order chi connectivity index (χ1) is 12.1. The molecular weight excluding hydrogens is 312 g/mol. The zero-order chi connectivity index (χ0) is 17.4. The summed E-state index contributed by atoms with van der Waals surface area (Å²) in [6, 6.07) is 8.58. The van der Waals surface area contributed by atoms with Gasteiger partial charge in [0, 0.05) is 39.5 Å². The van der Waals surface area contributed by atoms with E-state index < -0.39 is 0 Å². The van der Waals surface area contributed by atoms with Gasteiger partial charge in [-0.05, 0) is 54.6 Å². The maximum atomic E-state index is 12.8. The molecule has 1 spiro atoms. The van der Waals surface area contributed by atoms with Gasteiger partial charge in [0.25, 0.3) is 0 Å². The molecule has 4 heteroatoms. The van der Waals surface area contributed by atoms with Crippen molar-refractivity contribution in [3.05, 3.63) is 35.4 Å². The van der Waals surface area contributed by atoms with E-state index in [2.05, 4.69) is 29.2 Å². The van der Waals surface area contributed by atoms with Crippen LogP contribution >= 0.6 is 0 Å². The molecule has 4 rings (SSSR count). The number of carbonyl (C=O) groups is 2. The van der Waals surface area contributed by atoms with E-state index in [0.717, 1.165) is 51.7 Å². The Kier molecular flexibility index (Phi) is 4.30. The van der Waals surface area contributed by atoms with E-state index in [-0.39, 0.29) is 11.3 Å². The first kappa shape index (κ1) is 16.6. The molecule has 1 aliphatic carbocycles. The molecule has 1 atom stereocenters. The third-order valence-corrected chi connectivity index (χ3v) is 6.72. The number of hydrogen-bond donors (Lipinski definition) is 0. The SMILES string of the molecule is CN1CC2(CCC1=O)CCN(C(=O)C[C@H]1CCc3ccccc31)CC2. The molecule has 2 aliphatic heterocycles. The molecule has 3 aliphatic rings. The minimum atomic E-state index is 0.249. The molecule has 0 aromatic heterocycles. The van der Waals surface area contributed by atoms with E-state index in [1.807, 2.05) is 11.9 Å². The summed E-state index contributed by atoms with van der Waals surface area (Å²) in [5.74, 6) is 0.985. The minimum Gasteiger partial charge on any atom is -0.345 e. The van der Waals surface area contributed by atoms with Gasteiger partial charge in [-0.1, -0.05) is 24.3 Å². The molecule has 0 N–H and O–H groups in total. The van der Waals surface area contributed by atoms with Gasteiger partial charge >= 0.3 is 0 Å². The minimum absolute atomic E-state index is 0.249. The molecule has 134 valence electrons. The standard InChI is InChI=1S/C21H28N2O2/c1-22-15-21(9-8-19(22)24)10-12-23(13-11-21)20(25)14-17-7-6-16-4-2-3-5-18(16)17/h2-5,17H,6-15H2,1H3/t17-/m1/s1. The summed E-state index contributed by atoms with van der Waals surface area (Å²) in [5.41, 5.74) is 3.06. The zero-order valence-electron chi connectivity index (χ0n) is 15.2. The first-order valence-corrected chi connectivity index (χ1v) is 9.66. The van der Waals surface area contributed by atoms with Crippen molar-refractivity contribution in [3.63, 3.8) is 0 Å². The number of aryl methyl sites for hydroxylation is 1. The van der Waals surface area contributed by atoms with Crippen molar-refractivity contribution in [2.75, 3.05) is 26.7 Å². The van der Waals surface area contributed by atoms with Crippen molar-refractivity contribution >= 4 is 11.8 Å². The summed E-state index contributed by atoms with van der Waals surface area (Å²) >= 11 is 0. The van der Waals surface area contributed by atoms with Crippen LogP contribution in [0.15, 0.2) is 24.3 Å². The second-order valence-electron chi connectivity index (χ2n) is 8.27. The van der Waals surface area contributed by atoms with Crippen molar-refractivity contribution in [2.45, 2.75) is 50.9 Å². The summed E-state index contributed by atoms with van der Waals surface area (Å²) in [6.45, 7) is 2.58. The summed E-state index contributed by atoms with van der Waals surface area (Å²) in [5, 5.41) is 0. The van der Waals surface area contributed by atoms with E-state index in [1.165, 1.54) is 11.1 Å². The normalized spacial score (nSPS) is 25.3. The molecule has 0 bridgehead atoms. The molecule has 2 amide bonds. The Morgan fingerprint density at radius 2 is 1.92 bits per heavy atom. The lowest BCUT2D eigenvalue weighted by atomic mass is 9.72. The van der Waals surface area contributed by atoms with Gasteiger partial charge in [-0.15, -0.1) is 0 Å². The fraction of sp³-hybridized carbons (Fsp3) is 0.619. The smallest absolute Gasteiger partial charge is 0.223 e. The van der Waals surface area contributed by atoms with Gasteiger partial charge in [-0.2, -0.15) is 0 Å². The molecule has 1 aromatic rings. The fourth-order valence-corrected chi connectivity index (χ4v) is 5.07. The summed E-state index contributed by atoms with van der Waals surface area (Å²) in [6.07, 6.45) is 6.61. The van der Waals surface area contributed by atoms with Crippen LogP contribution < -0.4 is 0 Å². The van der Waals surface area contributed by atoms with Crippen molar-refractivity contribution < 1.29 is 9.59 Å². The lowest BCUT2D eigenvalue weighted by Crippen LogP contribution is -2.51. The number of fused-ring (bicyclic) bond motifs is 1. The van der Waals surface area contributed by atoms with Crippen molar-refractivity contribution in [1.29, 1.82) is 0 Å². The van der Waals surface area contributed by atoms with E-state index in [1.54, 1.807) is 0 Å². The Hall–Kier alpha value is -1.84. The molecule has 0 unspecified atom stereocenters. The van der Waals surface area contributed by atoms with Crippen LogP contribution in [0.2, 0.25) is 0 Å². The second kappa shape index (κ2) is 6.47. The summed E-state index contributed by atoms with van der Waals surface area (Å²) < 4.78 is 0. The van der Waals surface area contributed by atoms with Crippen LogP contribution in [0.5, 0.6) is 0 Å². The Morgan fingerprint density at radius 1 is 1.16 bits per heavy atom. The van der Waals surface area contributed by atoms with Gasteiger partial charge in [0.15, 0.2) is 0 Å². The second-order valence-corrected chi connectivity index (χ2v) is 8.27. The fourth-order valence-electron chi connectivity index (χ4n) is 5.07. The predicted octanol–water partition coefficient (Wildman–Crippen LogP) is 2.97. The summed E-state index contributed by atoms with van der Waals surface area (Å²) in [7, 11) is 1.91. The van der Waals surface area contributed by atoms with Gasteiger partial charge in [0.05, 0.1) is 0 Å². The van der Waals surface area contributed by atoms with Gasteiger partial charge in [-0.3, -0.25) is 9.59 Å². The highest BCUT2D eigenvalue weighted by Gasteiger charge is 2.41. The lowest BCUT2D eigenvalue weighted by Gasteiger charge is -2.46. The number of rotatable bonds is 2. The van der Waals surface area contributed by atoms with Crippen LogP contribution in [-0.2, 0) is 16.0 Å². The van der Waals surface area contributed by atoms with Crippen LogP contribution in [0.1, 0.15) is 55.6 Å². The van der Waals surface area contributed by atoms with Crippen LogP contribution in [0.3, 0.4) is 0 Å². The number of hydrogen-bond acceptors (Lipinski definition) is 2. The lowest BCUT2D eigenvalue weighted by molar-refractivity contribution is -0.141. The van der Waals surface area contributed by atoms with E-state index in [0.29, 0.717) is 24.7 Å². The van der Waals surface area contributed by atoms with Gasteiger partial charge < -0.3 is 9.80 Å². The number of amides is 2. The summed E-state index contributed by atoms with van der Waals surface area (Å²) in [4.78, 5) is 28.5. The molecule has 2 fully saturated rings. The average Bonchev–Trinajstić information content (AvgIpc) is 3.02. The maximum Gasteiger partial charge on any atom is 0.223 e. The average molecular weight is 340 g/mol. The van der Waals surface area contributed by atoms with E-state index >= 15 is 0 Å². The Labute approximate surface area is 150 Å². The maximum absolute atomic E-state index is 12.8. The number of nitrogens with zero attached hydrogens (tertiary/aromatic N) is 2. The van der Waals surface area contributed by atoms with Crippen LogP contribution in [0, 0.1) is 5.41 Å². The largest absolute Gasteiger partial charge is 0.345 e. The number of carbonyl (C=O) groups excluding carboxylic acids is 2. The van der Waals surface area contributed by atoms with Crippen LogP contribution in [-0.4, -0.2) is 48.3 Å². The number of piperidine rings is 2. The number of benzene rings is 1. The molecule has 2 heterocycles. The molecular formula is C21H28N2O2. The number of likely N-dealkylation sites (tertiary alicyclic amines) is 2. The molecule has 1 aromatic carbocycles. The topological polar surface area (TPSA) is 40.6 Å². The Balaban J connectivity index is 1.34. The van der Waals surface area contributed by atoms with E-state index in [4.69, 9.17) is 0 Å². The van der Waals surface area contributed by atoms with Crippen molar-refractivity contribution in [2.24, 2.45) is 5.41 Å². The Morgan fingerprint density at radius 3 is 2.68 bits per heavy atom. The van der Waals surface area contributed by atoms with Gasteiger partial charge in [0.2, 0.25) is 11.8 Å². The highest BCUT2D eigenvalue weighted by molar-refractivity contribution is 5.78. The van der Waals surface area contributed by atoms with E-state index in [9.17, 15) is 9.59 Å². The van der Waals surface area contributed by atoms with Crippen LogP contribution in [0.25, 0.3) is 0 Å². The molecule has 0 saturated carbocycles. The highest BCUT2D eigenvalue weighted by Crippen LogP contribution is 2.41. The van der Waals surface area contributed by atoms with Gasteiger partial charge in [0.1, 0.15) is 0 Å². The third kappa shape index (κ3) is 3.19. The zero-order valence-corrected chi connectivity index (χ0v) is 15.2. The molecule has 4 nitrogen and oxygen atoms in total. The van der Waals surface area contributed by atoms with Gasteiger partial charge in [-0.25, -0.2) is 0 Å². The predicted molar refractivity (Wildman–Crippen MR) is 97.2 cm³/mol. The monoisotopic (exact) mass is 340 g/mol. The van der Waals surface area contributed by atoms with Crippen LogP contribution in [0.4, 0.5) is 0 Å². The quantitative estimate of drug-likeness (QED) is 0.830. The van der Waals surface area contributed by atoms with Crippen molar-refractivity contribution in [1.82, 2.24) is 9.80 Å². The molecule has 25 heavy (non-hydrogen) atoms. The van der Waals surface area contributed by atoms with Crippen molar-refractivity contribution in [3.8, 4) is 0 Å². The Bertz CT molecular complexity index is 676. The molecule has 0 radical (unpaired) electrons. The molecule has 2 saturated heterocycles. The highest BCUT2D eigenvalue weighted by atomic mass is 16.2. The first-order valence-electron chi connectivity index (χ1n) is 9.66. The third-order valence-electron chi connectivity index (χ3n) is 6.72.